The SMILES string of the molecule is CC1CCN(c2cc(N3Cc4ccccc4C3)nc(NC(=S)NC3CCCCCC3)n2)CC1. The van der Waals surface area contributed by atoms with E-state index in [0.29, 0.717) is 17.1 Å². The number of piperidine rings is 1. The maximum absolute atomic E-state index is 5.68. The van der Waals surface area contributed by atoms with Gasteiger partial charge in [0, 0.05) is 38.3 Å². The molecule has 0 atom stereocenters. The van der Waals surface area contributed by atoms with E-state index in [1.165, 1.54) is 62.5 Å². The van der Waals surface area contributed by atoms with Gasteiger partial charge in [0.2, 0.25) is 5.95 Å². The predicted molar refractivity (Wildman–Crippen MR) is 140 cm³/mol. The highest BCUT2D eigenvalue weighted by Gasteiger charge is 2.24. The zero-order chi connectivity index (χ0) is 22.6. The lowest BCUT2D eigenvalue weighted by atomic mass is 9.99. The van der Waals surface area contributed by atoms with Crippen LogP contribution in [0.25, 0.3) is 0 Å². The average Bonchev–Trinajstić information content (AvgIpc) is 3.10. The number of aromatic nitrogens is 2. The molecule has 176 valence electrons. The molecular formula is C26H36N6S. The number of nitrogens with zero attached hydrogens (tertiary/aromatic N) is 4. The van der Waals surface area contributed by atoms with Crippen LogP contribution in [0.4, 0.5) is 17.6 Å². The Morgan fingerprint density at radius 3 is 2.12 bits per heavy atom. The second-order valence-electron chi connectivity index (χ2n) is 9.99. The molecule has 1 saturated carbocycles. The zero-order valence-electron chi connectivity index (χ0n) is 19.7. The molecule has 0 bridgehead atoms. The van der Waals surface area contributed by atoms with Gasteiger partial charge in [0.15, 0.2) is 5.11 Å². The van der Waals surface area contributed by atoms with Crippen molar-refractivity contribution < 1.29 is 0 Å². The predicted octanol–water partition coefficient (Wildman–Crippen LogP) is 5.24. The Hall–Kier alpha value is -2.41. The highest BCUT2D eigenvalue weighted by atomic mass is 32.1. The van der Waals surface area contributed by atoms with Crippen molar-refractivity contribution in [3.63, 3.8) is 0 Å². The lowest BCUT2D eigenvalue weighted by Gasteiger charge is -2.32. The van der Waals surface area contributed by atoms with Gasteiger partial charge in [-0.1, -0.05) is 56.9 Å². The number of anilines is 3. The van der Waals surface area contributed by atoms with E-state index < -0.39 is 0 Å². The molecule has 1 aliphatic carbocycles. The van der Waals surface area contributed by atoms with Crippen molar-refractivity contribution in [3.8, 4) is 0 Å². The van der Waals surface area contributed by atoms with Crippen molar-refractivity contribution in [1.29, 1.82) is 0 Å². The maximum atomic E-state index is 5.68. The number of benzene rings is 1. The molecule has 1 aromatic heterocycles. The molecule has 0 spiro atoms. The lowest BCUT2D eigenvalue weighted by Crippen LogP contribution is -2.38. The van der Waals surface area contributed by atoms with Crippen LogP contribution in [-0.4, -0.2) is 34.2 Å². The Morgan fingerprint density at radius 1 is 0.879 bits per heavy atom. The minimum Gasteiger partial charge on any atom is -0.360 e. The summed E-state index contributed by atoms with van der Waals surface area (Å²) in [7, 11) is 0. The third-order valence-electron chi connectivity index (χ3n) is 7.39. The third kappa shape index (κ3) is 5.57. The molecular weight excluding hydrogens is 428 g/mol. The van der Waals surface area contributed by atoms with Crippen molar-refractivity contribution in [2.24, 2.45) is 5.92 Å². The first-order valence-corrected chi connectivity index (χ1v) is 13.1. The number of nitrogens with one attached hydrogen (secondary N) is 2. The number of rotatable bonds is 4. The molecule has 2 fully saturated rings. The van der Waals surface area contributed by atoms with E-state index in [9.17, 15) is 0 Å². The van der Waals surface area contributed by atoms with E-state index in [1.807, 2.05) is 0 Å². The molecule has 3 heterocycles. The largest absolute Gasteiger partial charge is 0.360 e. The summed E-state index contributed by atoms with van der Waals surface area (Å²) in [4.78, 5) is 14.6. The smallest absolute Gasteiger partial charge is 0.232 e. The van der Waals surface area contributed by atoms with Gasteiger partial charge in [-0.2, -0.15) is 9.97 Å². The number of hydrogen-bond donors (Lipinski definition) is 2. The standard InChI is InChI=1S/C26H36N6S/c1-19-12-14-31(15-13-19)23-16-24(32-17-20-8-6-7-9-21(20)18-32)29-25(28-23)30-26(33)27-22-10-4-2-3-5-11-22/h6-9,16,19,22H,2-5,10-15,17-18H2,1H3,(H2,27,28,29,30,33). The minimum atomic E-state index is 0.451. The summed E-state index contributed by atoms with van der Waals surface area (Å²) in [5.41, 5.74) is 2.76. The maximum Gasteiger partial charge on any atom is 0.232 e. The van der Waals surface area contributed by atoms with E-state index in [-0.39, 0.29) is 0 Å². The van der Waals surface area contributed by atoms with E-state index in [0.717, 1.165) is 43.7 Å². The average molecular weight is 465 g/mol. The van der Waals surface area contributed by atoms with Crippen LogP contribution in [0.1, 0.15) is 69.4 Å². The number of thiocarbonyl (C=S) groups is 1. The molecule has 6 nitrogen and oxygen atoms in total. The molecule has 0 radical (unpaired) electrons. The molecule has 2 aromatic rings. The highest BCUT2D eigenvalue weighted by molar-refractivity contribution is 7.80. The van der Waals surface area contributed by atoms with Crippen LogP contribution in [-0.2, 0) is 13.1 Å². The molecule has 3 aliphatic rings. The van der Waals surface area contributed by atoms with Crippen molar-refractivity contribution in [3.05, 3.63) is 41.5 Å². The second-order valence-corrected chi connectivity index (χ2v) is 10.4. The summed E-state index contributed by atoms with van der Waals surface area (Å²) in [6, 6.07) is 11.3. The topological polar surface area (TPSA) is 56.3 Å². The molecule has 0 amide bonds. The van der Waals surface area contributed by atoms with Gasteiger partial charge in [-0.25, -0.2) is 0 Å². The molecule has 1 aromatic carbocycles. The van der Waals surface area contributed by atoms with Crippen LogP contribution in [0.15, 0.2) is 30.3 Å². The third-order valence-corrected chi connectivity index (χ3v) is 7.61. The van der Waals surface area contributed by atoms with Gasteiger partial charge in [0.05, 0.1) is 0 Å². The van der Waals surface area contributed by atoms with Crippen molar-refractivity contribution in [1.82, 2.24) is 15.3 Å². The van der Waals surface area contributed by atoms with Gasteiger partial charge in [0.25, 0.3) is 0 Å². The monoisotopic (exact) mass is 464 g/mol. The van der Waals surface area contributed by atoms with Crippen molar-refractivity contribution in [2.75, 3.05) is 28.2 Å². The number of hydrogen-bond acceptors (Lipinski definition) is 5. The van der Waals surface area contributed by atoms with Gasteiger partial charge in [-0.15, -0.1) is 0 Å². The lowest BCUT2D eigenvalue weighted by molar-refractivity contribution is 0.436. The fourth-order valence-corrected chi connectivity index (χ4v) is 5.54. The van der Waals surface area contributed by atoms with E-state index >= 15 is 0 Å². The summed E-state index contributed by atoms with van der Waals surface area (Å²) in [5, 5.41) is 7.50. The normalized spacial score (nSPS) is 19.8. The Kier molecular flexibility index (Phi) is 6.95. The van der Waals surface area contributed by atoms with Crippen molar-refractivity contribution in [2.45, 2.75) is 77.4 Å². The van der Waals surface area contributed by atoms with E-state index in [1.54, 1.807) is 0 Å². The molecule has 5 rings (SSSR count). The van der Waals surface area contributed by atoms with E-state index in [4.69, 9.17) is 22.2 Å². The molecule has 2 aliphatic heterocycles. The summed E-state index contributed by atoms with van der Waals surface area (Å²) in [6.45, 7) is 6.20. The first-order valence-electron chi connectivity index (χ1n) is 12.7. The first-order chi connectivity index (χ1) is 16.1. The van der Waals surface area contributed by atoms with Crippen LogP contribution in [0.5, 0.6) is 0 Å². The Labute approximate surface area is 203 Å². The van der Waals surface area contributed by atoms with E-state index in [2.05, 4.69) is 57.7 Å². The van der Waals surface area contributed by atoms with Crippen LogP contribution < -0.4 is 20.4 Å². The Bertz CT molecular complexity index is 938. The first kappa shape index (κ1) is 22.4. The summed E-state index contributed by atoms with van der Waals surface area (Å²) in [5.74, 6) is 3.35. The van der Waals surface area contributed by atoms with Gasteiger partial charge in [-0.05, 0) is 54.9 Å². The van der Waals surface area contributed by atoms with Crippen LogP contribution in [0.3, 0.4) is 0 Å². The van der Waals surface area contributed by atoms with Gasteiger partial charge in [0.1, 0.15) is 11.6 Å². The Balaban J connectivity index is 1.35. The second kappa shape index (κ2) is 10.2. The van der Waals surface area contributed by atoms with Crippen LogP contribution >= 0.6 is 12.2 Å². The Morgan fingerprint density at radius 2 is 1.48 bits per heavy atom. The van der Waals surface area contributed by atoms with Gasteiger partial charge in [-0.3, -0.25) is 0 Å². The number of fused-ring (bicyclic) bond motifs is 1. The van der Waals surface area contributed by atoms with Crippen molar-refractivity contribution >= 4 is 34.9 Å². The molecule has 33 heavy (non-hydrogen) atoms. The molecule has 1 saturated heterocycles. The molecule has 0 unspecified atom stereocenters. The molecule has 2 N–H and O–H groups in total. The van der Waals surface area contributed by atoms with Gasteiger partial charge >= 0.3 is 0 Å². The fraction of sp³-hybridized carbons (Fsp3) is 0.577. The summed E-state index contributed by atoms with van der Waals surface area (Å²) in [6.07, 6.45) is 10.0. The van der Waals surface area contributed by atoms with Crippen LogP contribution in [0, 0.1) is 5.92 Å². The highest BCUT2D eigenvalue weighted by Crippen LogP contribution is 2.31. The van der Waals surface area contributed by atoms with Crippen LogP contribution in [0.2, 0.25) is 0 Å². The quantitative estimate of drug-likeness (QED) is 0.474. The fourth-order valence-electron chi connectivity index (χ4n) is 5.28. The van der Waals surface area contributed by atoms with Gasteiger partial charge < -0.3 is 20.4 Å². The zero-order valence-corrected chi connectivity index (χ0v) is 20.5. The molecule has 7 heteroatoms. The summed E-state index contributed by atoms with van der Waals surface area (Å²) < 4.78 is 0. The summed E-state index contributed by atoms with van der Waals surface area (Å²) >= 11 is 5.68. The minimum absolute atomic E-state index is 0.451.